The molecule has 0 aromatic carbocycles. The van der Waals surface area contributed by atoms with E-state index in [9.17, 15) is 13.2 Å². The molecule has 1 atom stereocenters. The van der Waals surface area contributed by atoms with Crippen molar-refractivity contribution in [2.45, 2.75) is 19.0 Å². The van der Waals surface area contributed by atoms with Crippen LogP contribution in [0.1, 0.15) is 12.8 Å². The summed E-state index contributed by atoms with van der Waals surface area (Å²) in [4.78, 5) is 2.29. The summed E-state index contributed by atoms with van der Waals surface area (Å²) in [5, 5.41) is 3.14. The Labute approximate surface area is 100 Å². The summed E-state index contributed by atoms with van der Waals surface area (Å²) in [6, 6.07) is 0. The molecule has 0 radical (unpaired) electrons. The SMILES string of the molecule is CN1CCCC(CNCCOCC(F)(F)F)C1. The van der Waals surface area contributed by atoms with Crippen molar-refractivity contribution >= 4 is 0 Å². The fraction of sp³-hybridized carbons (Fsp3) is 1.00. The summed E-state index contributed by atoms with van der Waals surface area (Å²) in [6.45, 7) is 2.51. The topological polar surface area (TPSA) is 24.5 Å². The van der Waals surface area contributed by atoms with Crippen LogP contribution in [0.5, 0.6) is 0 Å². The fourth-order valence-electron chi connectivity index (χ4n) is 2.08. The zero-order valence-corrected chi connectivity index (χ0v) is 10.2. The van der Waals surface area contributed by atoms with Crippen LogP contribution in [0.25, 0.3) is 0 Å². The Morgan fingerprint density at radius 1 is 1.41 bits per heavy atom. The van der Waals surface area contributed by atoms with Crippen molar-refractivity contribution < 1.29 is 17.9 Å². The number of rotatable bonds is 6. The van der Waals surface area contributed by atoms with Crippen LogP contribution in [0.4, 0.5) is 13.2 Å². The van der Waals surface area contributed by atoms with Gasteiger partial charge in [0.05, 0.1) is 6.61 Å². The quantitative estimate of drug-likeness (QED) is 0.727. The minimum absolute atomic E-state index is 0.113. The van der Waals surface area contributed by atoms with Crippen LogP contribution >= 0.6 is 0 Å². The van der Waals surface area contributed by atoms with Gasteiger partial charge in [-0.1, -0.05) is 0 Å². The number of nitrogens with one attached hydrogen (secondary N) is 1. The molecular weight excluding hydrogens is 233 g/mol. The molecule has 0 aromatic rings. The number of hydrogen-bond acceptors (Lipinski definition) is 3. The number of piperidine rings is 1. The number of nitrogens with zero attached hydrogens (tertiary/aromatic N) is 1. The largest absolute Gasteiger partial charge is 0.411 e. The Kier molecular flexibility index (Phi) is 6.22. The maximum absolute atomic E-state index is 11.7. The Morgan fingerprint density at radius 2 is 2.18 bits per heavy atom. The summed E-state index contributed by atoms with van der Waals surface area (Å²) >= 11 is 0. The van der Waals surface area contributed by atoms with Gasteiger partial charge in [-0.15, -0.1) is 0 Å². The van der Waals surface area contributed by atoms with Crippen LogP contribution < -0.4 is 5.32 Å². The second kappa shape index (κ2) is 7.18. The zero-order chi connectivity index (χ0) is 12.7. The van der Waals surface area contributed by atoms with Crippen molar-refractivity contribution in [2.75, 3.05) is 46.4 Å². The van der Waals surface area contributed by atoms with Crippen molar-refractivity contribution in [1.29, 1.82) is 0 Å². The Hall–Kier alpha value is -0.330. The lowest BCUT2D eigenvalue weighted by Crippen LogP contribution is -2.38. The van der Waals surface area contributed by atoms with Gasteiger partial charge in [0.25, 0.3) is 0 Å². The molecule has 0 spiro atoms. The second-order valence-corrected chi connectivity index (χ2v) is 4.64. The van der Waals surface area contributed by atoms with Crippen LogP contribution in [0.3, 0.4) is 0 Å². The maximum Gasteiger partial charge on any atom is 0.411 e. The van der Waals surface area contributed by atoms with Gasteiger partial charge in [-0.3, -0.25) is 0 Å². The highest BCUT2D eigenvalue weighted by Gasteiger charge is 2.27. The van der Waals surface area contributed by atoms with E-state index in [0.29, 0.717) is 12.5 Å². The minimum atomic E-state index is -4.22. The third kappa shape index (κ3) is 7.57. The number of likely N-dealkylation sites (tertiary alicyclic amines) is 1. The zero-order valence-electron chi connectivity index (χ0n) is 10.2. The first-order valence-corrected chi connectivity index (χ1v) is 6.01. The van der Waals surface area contributed by atoms with Gasteiger partial charge in [0.2, 0.25) is 0 Å². The fourth-order valence-corrected chi connectivity index (χ4v) is 2.08. The molecule has 17 heavy (non-hydrogen) atoms. The molecule has 0 saturated carbocycles. The first kappa shape index (κ1) is 14.7. The van der Waals surface area contributed by atoms with Crippen molar-refractivity contribution in [3.05, 3.63) is 0 Å². The highest BCUT2D eigenvalue weighted by molar-refractivity contribution is 4.72. The molecule has 1 saturated heterocycles. The summed E-state index contributed by atoms with van der Waals surface area (Å²) in [6.07, 6.45) is -1.82. The number of halogens is 3. The first-order valence-electron chi connectivity index (χ1n) is 6.01. The monoisotopic (exact) mass is 254 g/mol. The molecule has 102 valence electrons. The van der Waals surface area contributed by atoms with E-state index in [1.165, 1.54) is 12.8 Å². The van der Waals surface area contributed by atoms with Crippen LogP contribution in [0.2, 0.25) is 0 Å². The highest BCUT2D eigenvalue weighted by Crippen LogP contribution is 2.14. The number of ether oxygens (including phenoxy) is 1. The molecule has 1 aliphatic heterocycles. The molecule has 3 nitrogen and oxygen atoms in total. The van der Waals surface area contributed by atoms with Gasteiger partial charge in [-0.05, 0) is 38.9 Å². The lowest BCUT2D eigenvalue weighted by atomic mass is 9.98. The Balaban J connectivity index is 1.93. The molecule has 0 bridgehead atoms. The van der Waals surface area contributed by atoms with Gasteiger partial charge >= 0.3 is 6.18 Å². The van der Waals surface area contributed by atoms with E-state index < -0.39 is 12.8 Å². The smallest absolute Gasteiger partial charge is 0.371 e. The second-order valence-electron chi connectivity index (χ2n) is 4.64. The van der Waals surface area contributed by atoms with E-state index in [-0.39, 0.29) is 6.61 Å². The van der Waals surface area contributed by atoms with Gasteiger partial charge in [0, 0.05) is 13.1 Å². The molecular formula is C11H21F3N2O. The van der Waals surface area contributed by atoms with E-state index in [0.717, 1.165) is 19.6 Å². The van der Waals surface area contributed by atoms with Crippen LogP contribution in [-0.2, 0) is 4.74 Å². The Bertz CT molecular complexity index is 211. The maximum atomic E-state index is 11.7. The third-order valence-corrected chi connectivity index (χ3v) is 2.84. The van der Waals surface area contributed by atoms with E-state index >= 15 is 0 Å². The molecule has 1 N–H and O–H groups in total. The lowest BCUT2D eigenvalue weighted by molar-refractivity contribution is -0.173. The molecule has 1 heterocycles. The van der Waals surface area contributed by atoms with E-state index in [1.807, 2.05) is 0 Å². The molecule has 1 rings (SSSR count). The summed E-state index contributed by atoms with van der Waals surface area (Å²) in [5.41, 5.74) is 0. The molecule has 1 unspecified atom stereocenters. The van der Waals surface area contributed by atoms with Gasteiger partial charge in [0.15, 0.2) is 0 Å². The van der Waals surface area contributed by atoms with Crippen LogP contribution in [0, 0.1) is 5.92 Å². The molecule has 1 fully saturated rings. The van der Waals surface area contributed by atoms with Gasteiger partial charge < -0.3 is 15.0 Å². The Morgan fingerprint density at radius 3 is 2.82 bits per heavy atom. The number of hydrogen-bond donors (Lipinski definition) is 1. The van der Waals surface area contributed by atoms with Crippen LogP contribution in [-0.4, -0.2) is 57.5 Å². The molecule has 6 heteroatoms. The summed E-state index contributed by atoms with van der Waals surface area (Å²) in [5.74, 6) is 0.608. The van der Waals surface area contributed by atoms with Crippen molar-refractivity contribution in [1.82, 2.24) is 10.2 Å². The minimum Gasteiger partial charge on any atom is -0.371 e. The predicted molar refractivity (Wildman–Crippen MR) is 60.0 cm³/mol. The average Bonchev–Trinajstić information content (AvgIpc) is 2.22. The molecule has 0 amide bonds. The summed E-state index contributed by atoms with van der Waals surface area (Å²) < 4.78 is 39.8. The normalized spacial score (nSPS) is 22.9. The lowest BCUT2D eigenvalue weighted by Gasteiger charge is -2.29. The van der Waals surface area contributed by atoms with Gasteiger partial charge in [-0.25, -0.2) is 0 Å². The van der Waals surface area contributed by atoms with Crippen molar-refractivity contribution in [3.8, 4) is 0 Å². The van der Waals surface area contributed by atoms with Crippen LogP contribution in [0.15, 0.2) is 0 Å². The average molecular weight is 254 g/mol. The predicted octanol–water partition coefficient (Wildman–Crippen LogP) is 1.50. The molecule has 1 aliphatic rings. The summed E-state index contributed by atoms with van der Waals surface area (Å²) in [7, 11) is 2.10. The number of alkyl halides is 3. The molecule has 0 aromatic heterocycles. The van der Waals surface area contributed by atoms with Gasteiger partial charge in [-0.2, -0.15) is 13.2 Å². The van der Waals surface area contributed by atoms with Gasteiger partial charge in [0.1, 0.15) is 6.61 Å². The third-order valence-electron chi connectivity index (χ3n) is 2.84. The van der Waals surface area contributed by atoms with Crippen molar-refractivity contribution in [3.63, 3.8) is 0 Å². The van der Waals surface area contributed by atoms with E-state index in [2.05, 4.69) is 22.0 Å². The first-order chi connectivity index (χ1) is 7.97. The van der Waals surface area contributed by atoms with E-state index in [1.54, 1.807) is 0 Å². The standard InChI is InChI=1S/C11H21F3N2O/c1-16-5-2-3-10(8-16)7-15-4-6-17-9-11(12,13)14/h10,15H,2-9H2,1H3. The highest BCUT2D eigenvalue weighted by atomic mass is 19.4. The van der Waals surface area contributed by atoms with Crippen molar-refractivity contribution in [2.24, 2.45) is 5.92 Å². The molecule has 0 aliphatic carbocycles. The van der Waals surface area contributed by atoms with E-state index in [4.69, 9.17) is 0 Å².